The molecule has 0 aliphatic carbocycles. The third-order valence-corrected chi connectivity index (χ3v) is 3.06. The first-order chi connectivity index (χ1) is 6.62. The zero-order chi connectivity index (χ0) is 10.9. The average molecular weight is 225 g/mol. The van der Waals surface area contributed by atoms with Gasteiger partial charge in [-0.1, -0.05) is 0 Å². The molecule has 0 bridgehead atoms. The zero-order valence-corrected chi connectivity index (χ0v) is 9.35. The highest BCUT2D eigenvalue weighted by molar-refractivity contribution is 7.89. The first-order valence-corrected chi connectivity index (χ1v) is 6.43. The van der Waals surface area contributed by atoms with E-state index in [-0.39, 0.29) is 12.4 Å². The fourth-order valence-electron chi connectivity index (χ4n) is 0.890. The van der Waals surface area contributed by atoms with Crippen molar-refractivity contribution < 1.29 is 18.3 Å². The molecule has 0 saturated heterocycles. The number of rotatable bonds is 9. The second-order valence-electron chi connectivity index (χ2n) is 2.84. The van der Waals surface area contributed by atoms with Crippen LogP contribution in [0.2, 0.25) is 0 Å². The fraction of sp³-hybridized carbons (Fsp3) is 1.00. The Bertz CT molecular complexity index is 215. The third-order valence-electron chi connectivity index (χ3n) is 1.59. The number of ether oxygens (including phenoxy) is 1. The molecule has 0 atom stereocenters. The van der Waals surface area contributed by atoms with E-state index in [9.17, 15) is 8.42 Å². The minimum atomic E-state index is -3.18. The SMILES string of the molecule is CCOCCNS(=O)(=O)CCCCO. The van der Waals surface area contributed by atoms with Gasteiger partial charge < -0.3 is 9.84 Å². The van der Waals surface area contributed by atoms with Crippen LogP contribution in [0, 0.1) is 0 Å². The third kappa shape index (κ3) is 8.43. The second-order valence-corrected chi connectivity index (χ2v) is 4.77. The molecule has 0 rings (SSSR count). The van der Waals surface area contributed by atoms with Crippen molar-refractivity contribution in [3.63, 3.8) is 0 Å². The van der Waals surface area contributed by atoms with Gasteiger partial charge in [0, 0.05) is 19.8 Å². The molecule has 14 heavy (non-hydrogen) atoms. The van der Waals surface area contributed by atoms with Gasteiger partial charge in [0.15, 0.2) is 0 Å². The van der Waals surface area contributed by atoms with E-state index in [1.807, 2.05) is 6.92 Å². The highest BCUT2D eigenvalue weighted by atomic mass is 32.2. The monoisotopic (exact) mass is 225 g/mol. The molecule has 0 saturated carbocycles. The summed E-state index contributed by atoms with van der Waals surface area (Å²) >= 11 is 0. The van der Waals surface area contributed by atoms with Crippen molar-refractivity contribution in [3.05, 3.63) is 0 Å². The summed E-state index contributed by atoms with van der Waals surface area (Å²) in [5.74, 6) is 0.0691. The summed E-state index contributed by atoms with van der Waals surface area (Å²) in [5, 5.41) is 8.47. The molecule has 0 fully saturated rings. The van der Waals surface area contributed by atoms with E-state index in [4.69, 9.17) is 9.84 Å². The smallest absolute Gasteiger partial charge is 0.211 e. The molecule has 86 valence electrons. The Labute approximate surface area is 85.5 Å². The van der Waals surface area contributed by atoms with Crippen molar-refractivity contribution >= 4 is 10.0 Å². The molecule has 2 N–H and O–H groups in total. The number of unbranched alkanes of at least 4 members (excludes halogenated alkanes) is 1. The summed E-state index contributed by atoms with van der Waals surface area (Å²) < 4.78 is 29.8. The predicted molar refractivity (Wildman–Crippen MR) is 54.6 cm³/mol. The van der Waals surface area contributed by atoms with E-state index < -0.39 is 10.0 Å². The van der Waals surface area contributed by atoms with E-state index in [1.54, 1.807) is 0 Å². The van der Waals surface area contributed by atoms with Crippen LogP contribution in [-0.4, -0.2) is 45.6 Å². The van der Waals surface area contributed by atoms with Crippen molar-refractivity contribution in [2.75, 3.05) is 32.1 Å². The molecule has 6 heteroatoms. The largest absolute Gasteiger partial charge is 0.396 e. The molecule has 0 aromatic carbocycles. The highest BCUT2D eigenvalue weighted by Crippen LogP contribution is 1.93. The Morgan fingerprint density at radius 3 is 2.64 bits per heavy atom. The highest BCUT2D eigenvalue weighted by Gasteiger charge is 2.07. The lowest BCUT2D eigenvalue weighted by Gasteiger charge is -2.05. The van der Waals surface area contributed by atoms with Crippen LogP contribution in [-0.2, 0) is 14.8 Å². The van der Waals surface area contributed by atoms with E-state index >= 15 is 0 Å². The van der Waals surface area contributed by atoms with E-state index in [2.05, 4.69) is 4.72 Å². The van der Waals surface area contributed by atoms with Gasteiger partial charge in [0.1, 0.15) is 0 Å². The summed E-state index contributed by atoms with van der Waals surface area (Å²) in [6.45, 7) is 3.20. The van der Waals surface area contributed by atoms with Gasteiger partial charge in [-0.25, -0.2) is 13.1 Å². The zero-order valence-electron chi connectivity index (χ0n) is 8.53. The molecule has 0 aromatic heterocycles. The van der Waals surface area contributed by atoms with Gasteiger partial charge in [-0.2, -0.15) is 0 Å². The van der Waals surface area contributed by atoms with E-state index in [1.165, 1.54) is 0 Å². The normalized spacial score (nSPS) is 11.9. The first-order valence-electron chi connectivity index (χ1n) is 4.78. The van der Waals surface area contributed by atoms with Gasteiger partial charge >= 0.3 is 0 Å². The van der Waals surface area contributed by atoms with Crippen LogP contribution in [0.5, 0.6) is 0 Å². The predicted octanol–water partition coefficient (Wildman–Crippen LogP) is -0.285. The summed E-state index contributed by atoms with van der Waals surface area (Å²) in [6, 6.07) is 0. The second kappa shape index (κ2) is 8.16. The Hall–Kier alpha value is -0.170. The molecule has 0 aromatic rings. The number of aliphatic hydroxyl groups is 1. The lowest BCUT2D eigenvalue weighted by Crippen LogP contribution is -2.29. The van der Waals surface area contributed by atoms with Crippen LogP contribution in [0.25, 0.3) is 0 Å². The molecule has 0 unspecified atom stereocenters. The first kappa shape index (κ1) is 13.8. The molecule has 0 amide bonds. The van der Waals surface area contributed by atoms with E-state index in [0.29, 0.717) is 32.6 Å². The van der Waals surface area contributed by atoms with Gasteiger partial charge in [0.25, 0.3) is 0 Å². The summed E-state index contributed by atoms with van der Waals surface area (Å²) in [5.41, 5.74) is 0. The van der Waals surface area contributed by atoms with Gasteiger partial charge in [-0.3, -0.25) is 0 Å². The number of nitrogens with one attached hydrogen (secondary N) is 1. The van der Waals surface area contributed by atoms with Crippen LogP contribution < -0.4 is 4.72 Å². The van der Waals surface area contributed by atoms with Crippen LogP contribution in [0.3, 0.4) is 0 Å². The lowest BCUT2D eigenvalue weighted by atomic mass is 10.4. The van der Waals surface area contributed by atoms with Crippen molar-refractivity contribution in [2.24, 2.45) is 0 Å². The minimum Gasteiger partial charge on any atom is -0.396 e. The van der Waals surface area contributed by atoms with Crippen LogP contribution in [0.1, 0.15) is 19.8 Å². The molecular formula is C8H19NO4S. The molecular weight excluding hydrogens is 206 g/mol. The van der Waals surface area contributed by atoms with E-state index in [0.717, 1.165) is 0 Å². The topological polar surface area (TPSA) is 75.6 Å². The Balaban J connectivity index is 3.52. The number of hydrogen-bond donors (Lipinski definition) is 2. The summed E-state index contributed by atoms with van der Waals surface area (Å²) in [4.78, 5) is 0. The quantitative estimate of drug-likeness (QED) is 0.529. The lowest BCUT2D eigenvalue weighted by molar-refractivity contribution is 0.153. The van der Waals surface area contributed by atoms with Crippen LogP contribution in [0.15, 0.2) is 0 Å². The van der Waals surface area contributed by atoms with Gasteiger partial charge in [0.05, 0.1) is 12.4 Å². The molecule has 0 spiro atoms. The van der Waals surface area contributed by atoms with Gasteiger partial charge in [-0.05, 0) is 19.8 Å². The van der Waals surface area contributed by atoms with Crippen molar-refractivity contribution in [2.45, 2.75) is 19.8 Å². The molecule has 5 nitrogen and oxygen atoms in total. The van der Waals surface area contributed by atoms with Gasteiger partial charge in [0.2, 0.25) is 10.0 Å². The molecule has 0 radical (unpaired) electrons. The summed E-state index contributed by atoms with van der Waals surface area (Å²) in [6.07, 6.45) is 1.01. The molecule has 0 heterocycles. The number of hydrogen-bond acceptors (Lipinski definition) is 4. The Kier molecular flexibility index (Phi) is 8.07. The maximum Gasteiger partial charge on any atom is 0.211 e. The Morgan fingerprint density at radius 2 is 2.07 bits per heavy atom. The van der Waals surface area contributed by atoms with Crippen molar-refractivity contribution in [3.8, 4) is 0 Å². The van der Waals surface area contributed by atoms with Crippen LogP contribution in [0.4, 0.5) is 0 Å². The summed E-state index contributed by atoms with van der Waals surface area (Å²) in [7, 11) is -3.18. The standard InChI is InChI=1S/C8H19NO4S/c1-2-13-7-5-9-14(11,12)8-4-3-6-10/h9-10H,2-8H2,1H3. The average Bonchev–Trinajstić information content (AvgIpc) is 2.13. The van der Waals surface area contributed by atoms with Crippen molar-refractivity contribution in [1.29, 1.82) is 0 Å². The van der Waals surface area contributed by atoms with Crippen molar-refractivity contribution in [1.82, 2.24) is 4.72 Å². The maximum absolute atomic E-state index is 11.2. The fourth-order valence-corrected chi connectivity index (χ4v) is 2.01. The minimum absolute atomic E-state index is 0.0362. The Morgan fingerprint density at radius 1 is 1.36 bits per heavy atom. The maximum atomic E-state index is 11.2. The number of aliphatic hydroxyl groups excluding tert-OH is 1. The van der Waals surface area contributed by atoms with Crippen LogP contribution >= 0.6 is 0 Å². The molecule has 0 aliphatic heterocycles. The van der Waals surface area contributed by atoms with Gasteiger partial charge in [-0.15, -0.1) is 0 Å². The molecule has 0 aliphatic rings. The number of sulfonamides is 1.